The molecular formula is C13H16N4O3S. The highest BCUT2D eigenvalue weighted by molar-refractivity contribution is 7.88. The molecule has 1 aliphatic heterocycles. The van der Waals surface area contributed by atoms with Gasteiger partial charge in [0.1, 0.15) is 0 Å². The molecule has 0 N–H and O–H groups in total. The molecule has 21 heavy (non-hydrogen) atoms. The molecule has 0 aromatic carbocycles. The molecule has 0 bridgehead atoms. The Bertz CT molecular complexity index is 743. The van der Waals surface area contributed by atoms with E-state index < -0.39 is 10.0 Å². The molecule has 0 atom stereocenters. The van der Waals surface area contributed by atoms with Crippen LogP contribution in [0.4, 0.5) is 0 Å². The lowest BCUT2D eigenvalue weighted by Crippen LogP contribution is -2.50. The van der Waals surface area contributed by atoms with Gasteiger partial charge in [-0.05, 0) is 18.2 Å². The van der Waals surface area contributed by atoms with Crippen molar-refractivity contribution in [2.24, 2.45) is 0 Å². The largest absolute Gasteiger partial charge is 0.335 e. The molecule has 0 radical (unpaired) electrons. The number of aromatic nitrogens is 2. The Morgan fingerprint density at radius 2 is 1.90 bits per heavy atom. The van der Waals surface area contributed by atoms with Crippen LogP contribution in [0.15, 0.2) is 30.5 Å². The maximum atomic E-state index is 12.4. The molecule has 112 valence electrons. The van der Waals surface area contributed by atoms with E-state index in [0.717, 1.165) is 5.52 Å². The minimum absolute atomic E-state index is 0.160. The lowest BCUT2D eigenvalue weighted by atomic mass is 10.3. The molecule has 3 heterocycles. The highest BCUT2D eigenvalue weighted by atomic mass is 32.2. The lowest BCUT2D eigenvalue weighted by Gasteiger charge is -2.32. The normalized spacial score (nSPS) is 17.3. The van der Waals surface area contributed by atoms with Crippen LogP contribution < -0.4 is 0 Å². The lowest BCUT2D eigenvalue weighted by molar-refractivity contribution is 0.0692. The van der Waals surface area contributed by atoms with Gasteiger partial charge in [0.15, 0.2) is 5.69 Å². The van der Waals surface area contributed by atoms with Crippen LogP contribution >= 0.6 is 0 Å². The number of rotatable bonds is 2. The van der Waals surface area contributed by atoms with E-state index >= 15 is 0 Å². The van der Waals surface area contributed by atoms with Gasteiger partial charge in [-0.2, -0.15) is 9.40 Å². The van der Waals surface area contributed by atoms with E-state index in [1.54, 1.807) is 21.7 Å². The standard InChI is InChI=1S/C13H16N4O3S/c1-21(19,20)16-8-6-15(7-9-16)13(18)12-10-11-4-2-3-5-17(11)14-12/h2-5,10H,6-9H2,1H3. The van der Waals surface area contributed by atoms with Gasteiger partial charge in [0.05, 0.1) is 11.8 Å². The predicted molar refractivity (Wildman–Crippen MR) is 77.5 cm³/mol. The Morgan fingerprint density at radius 1 is 1.19 bits per heavy atom. The summed E-state index contributed by atoms with van der Waals surface area (Å²) in [6, 6.07) is 7.35. The molecule has 1 saturated heterocycles. The van der Waals surface area contributed by atoms with E-state index in [9.17, 15) is 13.2 Å². The minimum atomic E-state index is -3.18. The van der Waals surface area contributed by atoms with Gasteiger partial charge < -0.3 is 4.90 Å². The Hall–Kier alpha value is -1.93. The van der Waals surface area contributed by atoms with E-state index in [-0.39, 0.29) is 5.91 Å². The fourth-order valence-electron chi connectivity index (χ4n) is 2.43. The SMILES string of the molecule is CS(=O)(=O)N1CCN(C(=O)c2cc3ccccn3n2)CC1. The molecule has 1 fully saturated rings. The van der Waals surface area contributed by atoms with Gasteiger partial charge in [0.25, 0.3) is 5.91 Å². The third kappa shape index (κ3) is 2.77. The van der Waals surface area contributed by atoms with Gasteiger partial charge in [-0.1, -0.05) is 6.07 Å². The van der Waals surface area contributed by atoms with Crippen LogP contribution in [0.5, 0.6) is 0 Å². The number of pyridine rings is 1. The van der Waals surface area contributed by atoms with Crippen LogP contribution in [-0.2, 0) is 10.0 Å². The van der Waals surface area contributed by atoms with Gasteiger partial charge in [0, 0.05) is 32.4 Å². The van der Waals surface area contributed by atoms with Crippen LogP contribution in [0.25, 0.3) is 5.52 Å². The summed E-state index contributed by atoms with van der Waals surface area (Å²) in [7, 11) is -3.18. The smallest absolute Gasteiger partial charge is 0.274 e. The molecule has 0 aliphatic carbocycles. The Labute approximate surface area is 122 Å². The summed E-state index contributed by atoms with van der Waals surface area (Å²) >= 11 is 0. The molecule has 2 aromatic heterocycles. The summed E-state index contributed by atoms with van der Waals surface area (Å²) in [6.45, 7) is 1.44. The Balaban J connectivity index is 1.75. The molecule has 0 unspecified atom stereocenters. The van der Waals surface area contributed by atoms with Gasteiger partial charge >= 0.3 is 0 Å². The fourth-order valence-corrected chi connectivity index (χ4v) is 3.25. The second-order valence-corrected chi connectivity index (χ2v) is 7.04. The van der Waals surface area contributed by atoms with E-state index in [0.29, 0.717) is 31.9 Å². The first-order chi connectivity index (χ1) is 9.95. The fraction of sp³-hybridized carbons (Fsp3) is 0.385. The third-order valence-electron chi connectivity index (χ3n) is 3.58. The molecular weight excluding hydrogens is 292 g/mol. The zero-order chi connectivity index (χ0) is 15.0. The van der Waals surface area contributed by atoms with E-state index in [2.05, 4.69) is 5.10 Å². The predicted octanol–water partition coefficient (Wildman–Crippen LogP) is 0.0517. The van der Waals surface area contributed by atoms with Crippen molar-refractivity contribution < 1.29 is 13.2 Å². The van der Waals surface area contributed by atoms with Crippen LogP contribution in [0.1, 0.15) is 10.5 Å². The van der Waals surface area contributed by atoms with Crippen molar-refractivity contribution in [3.8, 4) is 0 Å². The van der Waals surface area contributed by atoms with Crippen molar-refractivity contribution in [3.63, 3.8) is 0 Å². The third-order valence-corrected chi connectivity index (χ3v) is 4.89. The number of carbonyl (C=O) groups excluding carboxylic acids is 1. The highest BCUT2D eigenvalue weighted by Crippen LogP contribution is 2.12. The number of nitrogens with zero attached hydrogens (tertiary/aromatic N) is 4. The average Bonchev–Trinajstić information content (AvgIpc) is 2.89. The van der Waals surface area contributed by atoms with Gasteiger partial charge in [-0.15, -0.1) is 0 Å². The summed E-state index contributed by atoms with van der Waals surface area (Å²) in [5, 5.41) is 4.25. The Morgan fingerprint density at radius 3 is 2.52 bits per heavy atom. The van der Waals surface area contributed by atoms with E-state index in [4.69, 9.17) is 0 Å². The molecule has 2 aromatic rings. The number of hydrogen-bond donors (Lipinski definition) is 0. The summed E-state index contributed by atoms with van der Waals surface area (Å²) in [5.74, 6) is -0.160. The highest BCUT2D eigenvalue weighted by Gasteiger charge is 2.27. The van der Waals surface area contributed by atoms with Crippen LogP contribution in [0, 0.1) is 0 Å². The number of carbonyl (C=O) groups is 1. The van der Waals surface area contributed by atoms with E-state index in [1.165, 1.54) is 10.6 Å². The first-order valence-electron chi connectivity index (χ1n) is 6.64. The number of piperazine rings is 1. The first kappa shape index (κ1) is 14.0. The summed E-state index contributed by atoms with van der Waals surface area (Å²) in [5.41, 5.74) is 1.24. The second-order valence-electron chi connectivity index (χ2n) is 5.05. The van der Waals surface area contributed by atoms with Crippen molar-refractivity contribution in [3.05, 3.63) is 36.2 Å². The number of hydrogen-bond acceptors (Lipinski definition) is 4. The average molecular weight is 308 g/mol. The zero-order valence-corrected chi connectivity index (χ0v) is 12.5. The topological polar surface area (TPSA) is 75.0 Å². The molecule has 3 rings (SSSR count). The monoisotopic (exact) mass is 308 g/mol. The van der Waals surface area contributed by atoms with Crippen molar-refractivity contribution in [2.45, 2.75) is 0 Å². The van der Waals surface area contributed by atoms with Crippen LogP contribution in [0.3, 0.4) is 0 Å². The van der Waals surface area contributed by atoms with Crippen LogP contribution in [0.2, 0.25) is 0 Å². The second kappa shape index (κ2) is 5.12. The zero-order valence-electron chi connectivity index (χ0n) is 11.6. The number of fused-ring (bicyclic) bond motifs is 1. The number of amides is 1. The molecule has 8 heteroatoms. The van der Waals surface area contributed by atoms with Crippen molar-refractivity contribution >= 4 is 21.4 Å². The van der Waals surface area contributed by atoms with Crippen molar-refractivity contribution in [1.82, 2.24) is 18.8 Å². The van der Waals surface area contributed by atoms with Crippen molar-refractivity contribution in [1.29, 1.82) is 0 Å². The van der Waals surface area contributed by atoms with Gasteiger partial charge in [0.2, 0.25) is 10.0 Å². The maximum absolute atomic E-state index is 12.4. The van der Waals surface area contributed by atoms with E-state index in [1.807, 2.05) is 18.2 Å². The molecule has 1 aliphatic rings. The van der Waals surface area contributed by atoms with Gasteiger partial charge in [-0.25, -0.2) is 12.9 Å². The maximum Gasteiger partial charge on any atom is 0.274 e. The molecule has 1 amide bonds. The first-order valence-corrected chi connectivity index (χ1v) is 8.49. The summed E-state index contributed by atoms with van der Waals surface area (Å²) in [6.07, 6.45) is 2.97. The minimum Gasteiger partial charge on any atom is -0.335 e. The van der Waals surface area contributed by atoms with Crippen molar-refractivity contribution in [2.75, 3.05) is 32.4 Å². The van der Waals surface area contributed by atoms with Crippen LogP contribution in [-0.4, -0.2) is 65.6 Å². The van der Waals surface area contributed by atoms with Gasteiger partial charge in [-0.3, -0.25) is 4.79 Å². The number of sulfonamides is 1. The molecule has 0 spiro atoms. The summed E-state index contributed by atoms with van der Waals surface area (Å²) < 4.78 is 26.0. The molecule has 0 saturated carbocycles. The Kier molecular flexibility index (Phi) is 3.42. The molecule has 7 nitrogen and oxygen atoms in total. The quantitative estimate of drug-likeness (QED) is 0.786. The summed E-state index contributed by atoms with van der Waals surface area (Å²) in [4.78, 5) is 14.1.